The largest absolute Gasteiger partial charge is 0.378 e. The van der Waals surface area contributed by atoms with Gasteiger partial charge in [-0.05, 0) is 18.9 Å². The zero-order valence-corrected chi connectivity index (χ0v) is 9.36. The van der Waals surface area contributed by atoms with Gasteiger partial charge in [-0.15, -0.1) is 0 Å². The lowest BCUT2D eigenvalue weighted by atomic mass is 9.94. The second kappa shape index (κ2) is 5.82. The van der Waals surface area contributed by atoms with Gasteiger partial charge in [-0.25, -0.2) is 0 Å². The summed E-state index contributed by atoms with van der Waals surface area (Å²) in [5.74, 6) is 0.487. The van der Waals surface area contributed by atoms with Crippen molar-refractivity contribution in [2.24, 2.45) is 0 Å². The molecule has 0 aliphatic rings. The molecule has 14 heavy (non-hydrogen) atoms. The molecule has 0 bridgehead atoms. The topological polar surface area (TPSA) is 9.23 Å². The number of rotatable bonds is 5. The first kappa shape index (κ1) is 11.3. The predicted molar refractivity (Wildman–Crippen MR) is 60.6 cm³/mol. The Morgan fingerprint density at radius 3 is 2.29 bits per heavy atom. The van der Waals surface area contributed by atoms with Gasteiger partial charge < -0.3 is 4.74 Å². The fourth-order valence-corrected chi connectivity index (χ4v) is 1.80. The van der Waals surface area contributed by atoms with Crippen molar-refractivity contribution in [2.75, 3.05) is 6.61 Å². The second-order valence-corrected chi connectivity index (χ2v) is 3.60. The average Bonchev–Trinajstić information content (AvgIpc) is 2.26. The molecule has 1 rings (SSSR count). The second-order valence-electron chi connectivity index (χ2n) is 3.60. The maximum absolute atomic E-state index is 5.71. The van der Waals surface area contributed by atoms with Crippen molar-refractivity contribution in [3.8, 4) is 0 Å². The molecule has 78 valence electrons. The minimum Gasteiger partial charge on any atom is -0.378 e. The molecular formula is C13H20O. The van der Waals surface area contributed by atoms with Crippen molar-refractivity contribution in [3.63, 3.8) is 0 Å². The van der Waals surface area contributed by atoms with Crippen LogP contribution in [0.15, 0.2) is 30.3 Å². The third kappa shape index (κ3) is 2.85. The highest BCUT2D eigenvalue weighted by Crippen LogP contribution is 2.23. The quantitative estimate of drug-likeness (QED) is 0.692. The maximum Gasteiger partial charge on any atom is 0.0638 e. The van der Waals surface area contributed by atoms with E-state index in [2.05, 4.69) is 51.1 Å². The van der Waals surface area contributed by atoms with Crippen molar-refractivity contribution < 1.29 is 4.74 Å². The summed E-state index contributed by atoms with van der Waals surface area (Å²) >= 11 is 0. The fraction of sp³-hybridized carbons (Fsp3) is 0.538. The van der Waals surface area contributed by atoms with E-state index in [1.165, 1.54) is 5.56 Å². The van der Waals surface area contributed by atoms with E-state index in [0.717, 1.165) is 13.0 Å². The maximum atomic E-state index is 5.71. The Bertz CT molecular complexity index is 243. The third-order valence-electron chi connectivity index (χ3n) is 2.67. The first-order valence-electron chi connectivity index (χ1n) is 5.46. The van der Waals surface area contributed by atoms with Crippen LogP contribution in [-0.2, 0) is 4.74 Å². The van der Waals surface area contributed by atoms with Crippen LogP contribution in [0.25, 0.3) is 0 Å². The molecule has 0 spiro atoms. The van der Waals surface area contributed by atoms with Crippen LogP contribution >= 0.6 is 0 Å². The molecule has 1 nitrogen and oxygen atoms in total. The molecule has 0 saturated carbocycles. The standard InChI is InChI=1S/C13H20O/c1-4-13(14-5-2)11(3)12-9-7-6-8-10-12/h6-11,13H,4-5H2,1-3H3. The molecule has 0 aromatic heterocycles. The lowest BCUT2D eigenvalue weighted by molar-refractivity contribution is 0.0441. The van der Waals surface area contributed by atoms with Crippen LogP contribution in [0.2, 0.25) is 0 Å². The van der Waals surface area contributed by atoms with Crippen LogP contribution in [0.4, 0.5) is 0 Å². The van der Waals surface area contributed by atoms with Gasteiger partial charge in [-0.3, -0.25) is 0 Å². The molecule has 0 aliphatic carbocycles. The summed E-state index contributed by atoms with van der Waals surface area (Å²) in [5, 5.41) is 0. The van der Waals surface area contributed by atoms with Crippen LogP contribution in [0.5, 0.6) is 0 Å². The van der Waals surface area contributed by atoms with Gasteiger partial charge in [0.05, 0.1) is 6.10 Å². The van der Waals surface area contributed by atoms with Gasteiger partial charge in [0.1, 0.15) is 0 Å². The van der Waals surface area contributed by atoms with Crippen LogP contribution in [0.1, 0.15) is 38.7 Å². The van der Waals surface area contributed by atoms with Crippen molar-refractivity contribution in [1.82, 2.24) is 0 Å². The van der Waals surface area contributed by atoms with E-state index < -0.39 is 0 Å². The molecule has 0 heterocycles. The van der Waals surface area contributed by atoms with Crippen molar-refractivity contribution >= 4 is 0 Å². The SMILES string of the molecule is CCOC(CC)C(C)c1ccccc1. The lowest BCUT2D eigenvalue weighted by Gasteiger charge is -2.22. The number of hydrogen-bond acceptors (Lipinski definition) is 1. The van der Waals surface area contributed by atoms with Crippen molar-refractivity contribution in [1.29, 1.82) is 0 Å². The molecule has 0 aliphatic heterocycles. The summed E-state index contributed by atoms with van der Waals surface area (Å²) in [4.78, 5) is 0. The summed E-state index contributed by atoms with van der Waals surface area (Å²) in [6.45, 7) is 7.27. The van der Waals surface area contributed by atoms with Gasteiger partial charge in [0.15, 0.2) is 0 Å². The fourth-order valence-electron chi connectivity index (χ4n) is 1.80. The summed E-state index contributed by atoms with van der Waals surface area (Å²) in [5.41, 5.74) is 1.37. The Labute approximate surface area is 87.1 Å². The van der Waals surface area contributed by atoms with E-state index in [4.69, 9.17) is 4.74 Å². The van der Waals surface area contributed by atoms with Gasteiger partial charge in [-0.1, -0.05) is 44.2 Å². The van der Waals surface area contributed by atoms with Gasteiger partial charge in [0.25, 0.3) is 0 Å². The summed E-state index contributed by atoms with van der Waals surface area (Å²) in [6.07, 6.45) is 1.42. The summed E-state index contributed by atoms with van der Waals surface area (Å²) in [6, 6.07) is 10.6. The Morgan fingerprint density at radius 1 is 1.14 bits per heavy atom. The summed E-state index contributed by atoms with van der Waals surface area (Å²) in [7, 11) is 0. The first-order valence-corrected chi connectivity index (χ1v) is 5.46. The molecular weight excluding hydrogens is 172 g/mol. The molecule has 2 atom stereocenters. The van der Waals surface area contributed by atoms with Crippen LogP contribution in [0.3, 0.4) is 0 Å². The van der Waals surface area contributed by atoms with Crippen molar-refractivity contribution in [2.45, 2.75) is 39.2 Å². The van der Waals surface area contributed by atoms with E-state index >= 15 is 0 Å². The molecule has 1 aromatic carbocycles. The third-order valence-corrected chi connectivity index (χ3v) is 2.67. The Balaban J connectivity index is 2.67. The van der Waals surface area contributed by atoms with Gasteiger partial charge in [0, 0.05) is 12.5 Å². The number of hydrogen-bond donors (Lipinski definition) is 0. The van der Waals surface area contributed by atoms with Crippen LogP contribution in [-0.4, -0.2) is 12.7 Å². The van der Waals surface area contributed by atoms with Crippen LogP contribution < -0.4 is 0 Å². The Morgan fingerprint density at radius 2 is 1.79 bits per heavy atom. The van der Waals surface area contributed by atoms with Gasteiger partial charge >= 0.3 is 0 Å². The number of benzene rings is 1. The van der Waals surface area contributed by atoms with E-state index in [0.29, 0.717) is 12.0 Å². The lowest BCUT2D eigenvalue weighted by Crippen LogP contribution is -2.19. The van der Waals surface area contributed by atoms with Crippen molar-refractivity contribution in [3.05, 3.63) is 35.9 Å². The molecule has 2 unspecified atom stereocenters. The molecule has 1 heteroatoms. The Hall–Kier alpha value is -0.820. The summed E-state index contributed by atoms with van der Waals surface area (Å²) < 4.78 is 5.71. The van der Waals surface area contributed by atoms with E-state index in [1.54, 1.807) is 0 Å². The average molecular weight is 192 g/mol. The minimum absolute atomic E-state index is 0.349. The van der Waals surface area contributed by atoms with E-state index in [9.17, 15) is 0 Å². The molecule has 0 saturated heterocycles. The monoisotopic (exact) mass is 192 g/mol. The first-order chi connectivity index (χ1) is 6.79. The smallest absolute Gasteiger partial charge is 0.0638 e. The molecule has 0 radical (unpaired) electrons. The molecule has 0 amide bonds. The molecule has 0 fully saturated rings. The van der Waals surface area contributed by atoms with Gasteiger partial charge in [-0.2, -0.15) is 0 Å². The Kier molecular flexibility index (Phi) is 4.68. The molecule has 0 N–H and O–H groups in total. The highest BCUT2D eigenvalue weighted by molar-refractivity contribution is 5.19. The van der Waals surface area contributed by atoms with Gasteiger partial charge in [0.2, 0.25) is 0 Å². The van der Waals surface area contributed by atoms with E-state index in [1.807, 2.05) is 0 Å². The normalized spacial score (nSPS) is 15.1. The van der Waals surface area contributed by atoms with Crippen LogP contribution in [0, 0.1) is 0 Å². The predicted octanol–water partition coefficient (Wildman–Crippen LogP) is 3.61. The zero-order valence-electron chi connectivity index (χ0n) is 9.36. The zero-order chi connectivity index (χ0) is 10.4. The highest BCUT2D eigenvalue weighted by atomic mass is 16.5. The molecule has 1 aromatic rings. The minimum atomic E-state index is 0.349. The van der Waals surface area contributed by atoms with E-state index in [-0.39, 0.29) is 0 Å². The highest BCUT2D eigenvalue weighted by Gasteiger charge is 2.16. The number of ether oxygens (including phenoxy) is 1.